The van der Waals surface area contributed by atoms with E-state index in [0.29, 0.717) is 23.1 Å². The summed E-state index contributed by atoms with van der Waals surface area (Å²) in [4.78, 5) is 32.2. The summed E-state index contributed by atoms with van der Waals surface area (Å²) in [5.74, 6) is 1.60. The van der Waals surface area contributed by atoms with E-state index in [4.69, 9.17) is 4.42 Å². The minimum absolute atomic E-state index is 0.147. The molecule has 4 aromatic heterocycles. The van der Waals surface area contributed by atoms with Crippen LogP contribution in [0, 0.1) is 12.8 Å². The molecule has 150 valence electrons. The summed E-state index contributed by atoms with van der Waals surface area (Å²) < 4.78 is 7.95. The first kappa shape index (κ1) is 18.1. The third kappa shape index (κ3) is 3.05. The molecule has 1 aliphatic rings. The summed E-state index contributed by atoms with van der Waals surface area (Å²) in [6.07, 6.45) is 4.69. The lowest BCUT2D eigenvalue weighted by molar-refractivity contribution is -0.122. The van der Waals surface area contributed by atoms with Crippen LogP contribution in [0.3, 0.4) is 0 Å². The Morgan fingerprint density at radius 1 is 1.45 bits per heavy atom. The molecule has 0 saturated carbocycles. The molecule has 0 radical (unpaired) electrons. The fourth-order valence-corrected chi connectivity index (χ4v) is 5.42. The number of hydrogen-bond donors (Lipinski definition) is 1. The number of carbonyl (C=O) groups excluding carboxylic acids is 1. The largest absolute Gasteiger partial charge is 0.467 e. The van der Waals surface area contributed by atoms with Crippen LogP contribution in [0.2, 0.25) is 0 Å². The molecule has 0 fully saturated rings. The molecule has 0 saturated heterocycles. The molecule has 1 unspecified atom stereocenters. The van der Waals surface area contributed by atoms with Crippen LogP contribution < -0.4 is 11.0 Å². The highest BCUT2D eigenvalue weighted by molar-refractivity contribution is 7.19. The minimum atomic E-state index is -0.343. The highest BCUT2D eigenvalue weighted by Gasteiger charge is 2.25. The third-order valence-corrected chi connectivity index (χ3v) is 6.62. The Morgan fingerprint density at radius 2 is 2.31 bits per heavy atom. The summed E-state index contributed by atoms with van der Waals surface area (Å²) >= 11 is 1.70. The number of amides is 1. The second-order valence-electron chi connectivity index (χ2n) is 7.65. The first-order chi connectivity index (χ1) is 14.0. The van der Waals surface area contributed by atoms with Crippen molar-refractivity contribution < 1.29 is 9.21 Å². The Morgan fingerprint density at radius 3 is 3.10 bits per heavy atom. The molecule has 29 heavy (non-hydrogen) atoms. The summed E-state index contributed by atoms with van der Waals surface area (Å²) in [5.41, 5.74) is 1.52. The van der Waals surface area contributed by atoms with Gasteiger partial charge < -0.3 is 9.73 Å². The molecule has 1 aliphatic carbocycles. The predicted molar refractivity (Wildman–Crippen MR) is 109 cm³/mol. The van der Waals surface area contributed by atoms with E-state index in [0.717, 1.165) is 29.5 Å². The van der Waals surface area contributed by atoms with Gasteiger partial charge in [-0.15, -0.1) is 16.4 Å². The maximum absolute atomic E-state index is 12.9. The van der Waals surface area contributed by atoms with Crippen molar-refractivity contribution in [3.05, 3.63) is 50.9 Å². The quantitative estimate of drug-likeness (QED) is 0.557. The number of nitrogens with zero attached hydrogens (tertiary/aromatic N) is 4. The van der Waals surface area contributed by atoms with Crippen molar-refractivity contribution >= 4 is 33.1 Å². The summed E-state index contributed by atoms with van der Waals surface area (Å²) in [6.45, 7) is 4.20. The van der Waals surface area contributed by atoms with E-state index in [2.05, 4.69) is 22.3 Å². The zero-order valence-corrected chi connectivity index (χ0v) is 17.1. The average Bonchev–Trinajstić information content (AvgIpc) is 3.38. The van der Waals surface area contributed by atoms with Gasteiger partial charge in [-0.1, -0.05) is 6.92 Å². The number of thiophene rings is 1. The van der Waals surface area contributed by atoms with Gasteiger partial charge in [-0.25, -0.2) is 18.9 Å². The normalized spacial score (nSPS) is 16.4. The van der Waals surface area contributed by atoms with Crippen LogP contribution >= 0.6 is 11.3 Å². The Bertz CT molecular complexity index is 1280. The fourth-order valence-electron chi connectivity index (χ4n) is 4.00. The fraction of sp³-hybridized carbons (Fsp3) is 0.400. The highest BCUT2D eigenvalue weighted by atomic mass is 32.1. The summed E-state index contributed by atoms with van der Waals surface area (Å²) in [7, 11) is 0. The second kappa shape index (κ2) is 6.84. The number of furan rings is 1. The molecule has 4 heterocycles. The molecule has 8 nitrogen and oxygen atoms in total. The molecule has 4 aromatic rings. The molecule has 0 aliphatic heterocycles. The van der Waals surface area contributed by atoms with E-state index in [-0.39, 0.29) is 24.7 Å². The lowest BCUT2D eigenvalue weighted by Gasteiger charge is -2.17. The molecular weight excluding hydrogens is 390 g/mol. The highest BCUT2D eigenvalue weighted by Crippen LogP contribution is 2.38. The number of fused-ring (bicyclic) bond motifs is 5. The first-order valence-electron chi connectivity index (χ1n) is 9.70. The molecule has 0 spiro atoms. The van der Waals surface area contributed by atoms with Crippen molar-refractivity contribution in [1.29, 1.82) is 0 Å². The molecule has 9 heteroatoms. The van der Waals surface area contributed by atoms with Gasteiger partial charge in [-0.05, 0) is 49.8 Å². The van der Waals surface area contributed by atoms with Crippen molar-refractivity contribution in [2.45, 2.75) is 46.2 Å². The van der Waals surface area contributed by atoms with Crippen LogP contribution in [-0.4, -0.2) is 25.1 Å². The number of rotatable bonds is 4. The van der Waals surface area contributed by atoms with Gasteiger partial charge in [-0.2, -0.15) is 0 Å². The predicted octanol–water partition coefficient (Wildman–Crippen LogP) is 2.45. The maximum atomic E-state index is 12.9. The van der Waals surface area contributed by atoms with E-state index in [1.165, 1.54) is 19.5 Å². The summed E-state index contributed by atoms with van der Waals surface area (Å²) in [6, 6.07) is 3.54. The van der Waals surface area contributed by atoms with E-state index < -0.39 is 0 Å². The molecule has 0 aromatic carbocycles. The van der Waals surface area contributed by atoms with Gasteiger partial charge in [0.2, 0.25) is 5.91 Å². The van der Waals surface area contributed by atoms with Gasteiger partial charge in [0.05, 0.1) is 18.2 Å². The maximum Gasteiger partial charge on any atom is 0.352 e. The SMILES string of the molecule is Cc1nc2sc3c(c2c2nn(CC(=O)NCc4ccco4)c(=O)n12)CCC(C)C3. The third-order valence-electron chi connectivity index (χ3n) is 5.48. The lowest BCUT2D eigenvalue weighted by atomic mass is 9.89. The van der Waals surface area contributed by atoms with Crippen LogP contribution in [0.15, 0.2) is 27.6 Å². The van der Waals surface area contributed by atoms with Crippen molar-refractivity contribution in [2.24, 2.45) is 5.92 Å². The zero-order valence-electron chi connectivity index (χ0n) is 16.3. The van der Waals surface area contributed by atoms with Crippen molar-refractivity contribution in [2.75, 3.05) is 0 Å². The topological polar surface area (TPSA) is 94.4 Å². The van der Waals surface area contributed by atoms with Crippen LogP contribution in [-0.2, 0) is 30.7 Å². The van der Waals surface area contributed by atoms with Crippen molar-refractivity contribution in [3.63, 3.8) is 0 Å². The van der Waals surface area contributed by atoms with Gasteiger partial charge >= 0.3 is 5.69 Å². The van der Waals surface area contributed by atoms with Crippen LogP contribution in [0.25, 0.3) is 15.9 Å². The Hall–Kier alpha value is -2.94. The minimum Gasteiger partial charge on any atom is -0.467 e. The molecule has 0 bridgehead atoms. The van der Waals surface area contributed by atoms with Crippen LogP contribution in [0.1, 0.15) is 35.4 Å². The van der Waals surface area contributed by atoms with Gasteiger partial charge in [0, 0.05) is 4.88 Å². The van der Waals surface area contributed by atoms with Gasteiger partial charge in [-0.3, -0.25) is 4.79 Å². The van der Waals surface area contributed by atoms with E-state index >= 15 is 0 Å². The standard InChI is InChI=1S/C20H21N5O3S/c1-11-5-6-14-15(8-11)29-19-17(14)18-23-24(20(27)25(18)12(2)22-19)10-16(26)21-9-13-4-3-7-28-13/h3-4,7,11H,5-6,8-10H2,1-2H3,(H,21,26). The van der Waals surface area contributed by atoms with E-state index in [9.17, 15) is 9.59 Å². The molecule has 1 amide bonds. The van der Waals surface area contributed by atoms with Gasteiger partial charge in [0.15, 0.2) is 5.65 Å². The van der Waals surface area contributed by atoms with Crippen LogP contribution in [0.5, 0.6) is 0 Å². The zero-order chi connectivity index (χ0) is 20.1. The monoisotopic (exact) mass is 411 g/mol. The summed E-state index contributed by atoms with van der Waals surface area (Å²) in [5, 5.41) is 8.25. The van der Waals surface area contributed by atoms with Gasteiger partial charge in [0.25, 0.3) is 0 Å². The number of hydrogen-bond acceptors (Lipinski definition) is 6. The molecule has 5 rings (SSSR count). The number of aryl methyl sites for hydroxylation is 2. The van der Waals surface area contributed by atoms with Crippen LogP contribution in [0.4, 0.5) is 0 Å². The number of nitrogens with one attached hydrogen (secondary N) is 1. The van der Waals surface area contributed by atoms with Gasteiger partial charge in [0.1, 0.15) is 23.0 Å². The number of carbonyl (C=O) groups is 1. The first-order valence-corrected chi connectivity index (χ1v) is 10.5. The molecular formula is C20H21N5O3S. The van der Waals surface area contributed by atoms with E-state index in [1.54, 1.807) is 36.7 Å². The second-order valence-corrected chi connectivity index (χ2v) is 8.73. The Kier molecular flexibility index (Phi) is 4.27. The van der Waals surface area contributed by atoms with Crippen molar-refractivity contribution in [1.82, 2.24) is 24.5 Å². The molecule has 1 N–H and O–H groups in total. The Labute approximate surface area is 170 Å². The Balaban J connectivity index is 1.53. The smallest absolute Gasteiger partial charge is 0.352 e. The van der Waals surface area contributed by atoms with E-state index in [1.807, 2.05) is 0 Å². The number of aromatic nitrogens is 4. The molecule has 1 atom stereocenters. The lowest BCUT2D eigenvalue weighted by Crippen LogP contribution is -2.32. The average molecular weight is 411 g/mol. The van der Waals surface area contributed by atoms with Crippen molar-refractivity contribution in [3.8, 4) is 0 Å².